The van der Waals surface area contributed by atoms with Crippen LogP contribution in [-0.2, 0) is 14.3 Å². The van der Waals surface area contributed by atoms with Crippen molar-refractivity contribution < 1.29 is 24.2 Å². The highest BCUT2D eigenvalue weighted by Crippen LogP contribution is 2.10. The van der Waals surface area contributed by atoms with Crippen LogP contribution in [0, 0.1) is 11.8 Å². The van der Waals surface area contributed by atoms with Gasteiger partial charge in [0.25, 0.3) is 0 Å². The van der Waals surface area contributed by atoms with Crippen LogP contribution in [-0.4, -0.2) is 41.0 Å². The number of carbonyl (C=O) groups excluding carboxylic acids is 2. The molecule has 0 aromatic carbocycles. The average Bonchev–Trinajstić information content (AvgIpc) is 2.18. The molecule has 0 aromatic heterocycles. The molecule has 0 aliphatic carbocycles. The normalized spacial score (nSPS) is 12.8. The van der Waals surface area contributed by atoms with E-state index in [9.17, 15) is 9.59 Å². The van der Waals surface area contributed by atoms with Gasteiger partial charge in [-0.2, -0.15) is 0 Å². The zero-order valence-electron chi connectivity index (χ0n) is 12.9. The zero-order valence-corrected chi connectivity index (χ0v) is 12.9. The van der Waals surface area contributed by atoms with Crippen LogP contribution >= 0.6 is 0 Å². The minimum absolute atomic E-state index is 0.421. The highest BCUT2D eigenvalue weighted by Gasteiger charge is 2.27. The number of alkyl carbamates (subject to hydrolysis) is 1. The Balaban J connectivity index is 4.82. The molecule has 114 valence electrons. The maximum Gasteiger partial charge on any atom is 0.409 e. The average molecular weight is 285 g/mol. The number of amides is 1. The van der Waals surface area contributed by atoms with Crippen molar-refractivity contribution in [2.75, 3.05) is 6.61 Å². The summed E-state index contributed by atoms with van der Waals surface area (Å²) >= 11 is 0. The van der Waals surface area contributed by atoms with Gasteiger partial charge in [-0.1, -0.05) is 11.8 Å². The van der Waals surface area contributed by atoms with Gasteiger partial charge in [0.1, 0.15) is 17.8 Å². The monoisotopic (exact) mass is 285 g/mol. The van der Waals surface area contributed by atoms with Crippen molar-refractivity contribution in [3.8, 4) is 11.8 Å². The Morgan fingerprint density at radius 1 is 1.10 bits per heavy atom. The number of rotatable bonds is 2. The molecule has 1 atom stereocenters. The molecule has 20 heavy (non-hydrogen) atoms. The molecule has 0 spiro atoms. The van der Waals surface area contributed by atoms with E-state index in [0.29, 0.717) is 0 Å². The second-order valence-corrected chi connectivity index (χ2v) is 6.09. The van der Waals surface area contributed by atoms with Crippen molar-refractivity contribution in [2.24, 2.45) is 0 Å². The lowest BCUT2D eigenvalue weighted by Gasteiger charge is -2.24. The van der Waals surface area contributed by atoms with Gasteiger partial charge in [0, 0.05) is 0 Å². The predicted octanol–water partition coefficient (Wildman–Crippen LogP) is 1.22. The molecule has 0 saturated heterocycles. The van der Waals surface area contributed by atoms with Crippen molar-refractivity contribution >= 4 is 12.1 Å². The molecule has 0 rings (SSSR count). The Bertz CT molecular complexity index is 406. The molecule has 0 saturated carbocycles. The Labute approximate surface area is 119 Å². The molecule has 0 bridgehead atoms. The first-order chi connectivity index (χ1) is 8.94. The highest BCUT2D eigenvalue weighted by molar-refractivity contribution is 5.84. The van der Waals surface area contributed by atoms with Gasteiger partial charge in [0.05, 0.1) is 0 Å². The number of esters is 1. The predicted molar refractivity (Wildman–Crippen MR) is 73.9 cm³/mol. The fourth-order valence-corrected chi connectivity index (χ4v) is 1.09. The topological polar surface area (TPSA) is 84.9 Å². The minimum Gasteiger partial charge on any atom is -0.458 e. The van der Waals surface area contributed by atoms with Crippen LogP contribution in [0.2, 0.25) is 0 Å². The van der Waals surface area contributed by atoms with Gasteiger partial charge in [-0.3, -0.25) is 5.32 Å². The molecule has 6 nitrogen and oxygen atoms in total. The lowest BCUT2D eigenvalue weighted by molar-refractivity contribution is -0.155. The van der Waals surface area contributed by atoms with E-state index in [0.717, 1.165) is 0 Å². The summed E-state index contributed by atoms with van der Waals surface area (Å²) in [5, 5.41) is 11.0. The maximum absolute atomic E-state index is 11.9. The molecule has 0 aliphatic rings. The highest BCUT2D eigenvalue weighted by atomic mass is 16.6. The molecule has 6 heteroatoms. The van der Waals surface area contributed by atoms with Crippen molar-refractivity contribution in [2.45, 2.75) is 58.8 Å². The summed E-state index contributed by atoms with van der Waals surface area (Å²) in [6.07, 6.45) is -0.777. The van der Waals surface area contributed by atoms with Gasteiger partial charge < -0.3 is 14.6 Å². The number of ether oxygens (including phenoxy) is 2. The first-order valence-electron chi connectivity index (χ1n) is 6.26. The third-order valence-corrected chi connectivity index (χ3v) is 1.63. The van der Waals surface area contributed by atoms with E-state index in [1.165, 1.54) is 0 Å². The molecule has 0 aromatic rings. The Kier molecular flexibility index (Phi) is 6.53. The van der Waals surface area contributed by atoms with Gasteiger partial charge >= 0.3 is 12.1 Å². The van der Waals surface area contributed by atoms with E-state index in [-0.39, 0.29) is 0 Å². The summed E-state index contributed by atoms with van der Waals surface area (Å²) in [5.74, 6) is 4.04. The first kappa shape index (κ1) is 18.3. The second kappa shape index (κ2) is 7.15. The van der Waals surface area contributed by atoms with Gasteiger partial charge in [-0.25, -0.2) is 9.59 Å². The Hall–Kier alpha value is -1.74. The molecular weight excluding hydrogens is 262 g/mol. The van der Waals surface area contributed by atoms with Crippen LogP contribution in [0.3, 0.4) is 0 Å². The van der Waals surface area contributed by atoms with Gasteiger partial charge in [0.2, 0.25) is 0 Å². The lowest BCUT2D eigenvalue weighted by atomic mass is 10.2. The molecule has 0 aliphatic heterocycles. The fraction of sp³-hybridized carbons (Fsp3) is 0.714. The van der Waals surface area contributed by atoms with Gasteiger partial charge in [0.15, 0.2) is 6.04 Å². The summed E-state index contributed by atoms with van der Waals surface area (Å²) in [4.78, 5) is 23.5. The number of nitrogens with one attached hydrogen (secondary N) is 1. The zero-order chi connectivity index (χ0) is 16.0. The van der Waals surface area contributed by atoms with E-state index in [1.54, 1.807) is 41.5 Å². The number of hydrogen-bond donors (Lipinski definition) is 2. The van der Waals surface area contributed by atoms with Gasteiger partial charge in [-0.05, 0) is 41.5 Å². The molecule has 0 fully saturated rings. The SMILES string of the molecule is CC(C)(C)OC(=O)NC(C#CCO)C(=O)OC(C)(C)C. The first-order valence-corrected chi connectivity index (χ1v) is 6.26. The molecule has 1 amide bonds. The van der Waals surface area contributed by atoms with Crippen LogP contribution in [0.5, 0.6) is 0 Å². The third kappa shape index (κ3) is 9.22. The molecule has 1 unspecified atom stereocenters. The van der Waals surface area contributed by atoms with Crippen LogP contribution in [0.25, 0.3) is 0 Å². The summed E-state index contributed by atoms with van der Waals surface area (Å²) in [6.45, 7) is 9.80. The Morgan fingerprint density at radius 2 is 1.60 bits per heavy atom. The molecule has 2 N–H and O–H groups in total. The minimum atomic E-state index is -1.18. The van der Waals surface area contributed by atoms with Crippen molar-refractivity contribution in [3.63, 3.8) is 0 Å². The van der Waals surface area contributed by atoms with Crippen LogP contribution in [0.1, 0.15) is 41.5 Å². The fourth-order valence-electron chi connectivity index (χ4n) is 1.09. The quantitative estimate of drug-likeness (QED) is 0.588. The lowest BCUT2D eigenvalue weighted by Crippen LogP contribution is -2.45. The number of aliphatic hydroxyl groups excluding tert-OH is 1. The molecular formula is C14H23NO5. The van der Waals surface area contributed by atoms with Crippen molar-refractivity contribution in [1.29, 1.82) is 0 Å². The van der Waals surface area contributed by atoms with E-state index in [2.05, 4.69) is 17.2 Å². The largest absolute Gasteiger partial charge is 0.458 e. The second-order valence-electron chi connectivity index (χ2n) is 6.09. The van der Waals surface area contributed by atoms with E-state index < -0.39 is 35.9 Å². The van der Waals surface area contributed by atoms with E-state index >= 15 is 0 Å². The molecule has 0 heterocycles. The number of hydrogen-bond acceptors (Lipinski definition) is 5. The maximum atomic E-state index is 11.9. The summed E-state index contributed by atoms with van der Waals surface area (Å²) < 4.78 is 10.2. The molecule has 0 radical (unpaired) electrons. The van der Waals surface area contributed by atoms with Crippen molar-refractivity contribution in [3.05, 3.63) is 0 Å². The smallest absolute Gasteiger partial charge is 0.409 e. The number of carbonyl (C=O) groups is 2. The summed E-state index contributed by atoms with van der Waals surface area (Å²) in [5.41, 5.74) is -1.39. The third-order valence-electron chi connectivity index (χ3n) is 1.63. The summed E-state index contributed by atoms with van der Waals surface area (Å²) in [7, 11) is 0. The standard InChI is InChI=1S/C14H23NO5/c1-13(2,3)19-11(17)10(8-7-9-16)15-12(18)20-14(4,5)6/h10,16H,9H2,1-6H3,(H,15,18). The summed E-state index contributed by atoms with van der Waals surface area (Å²) in [6, 6.07) is -1.18. The Morgan fingerprint density at radius 3 is 2.00 bits per heavy atom. The van der Waals surface area contributed by atoms with Crippen LogP contribution in [0.4, 0.5) is 4.79 Å². The van der Waals surface area contributed by atoms with Crippen LogP contribution < -0.4 is 5.32 Å². The van der Waals surface area contributed by atoms with Gasteiger partial charge in [-0.15, -0.1) is 0 Å². The van der Waals surface area contributed by atoms with E-state index in [1.807, 2.05) is 0 Å². The van der Waals surface area contributed by atoms with Crippen molar-refractivity contribution in [1.82, 2.24) is 5.32 Å². The van der Waals surface area contributed by atoms with E-state index in [4.69, 9.17) is 14.6 Å². The van der Waals surface area contributed by atoms with Crippen LogP contribution in [0.15, 0.2) is 0 Å². The number of aliphatic hydroxyl groups is 1.